The average molecular weight is 284 g/mol. The first-order valence-corrected chi connectivity index (χ1v) is 6.86. The third-order valence-electron chi connectivity index (χ3n) is 3.21. The highest BCUT2D eigenvalue weighted by molar-refractivity contribution is 5.76. The van der Waals surface area contributed by atoms with Crippen LogP contribution in [0.3, 0.4) is 0 Å². The lowest BCUT2D eigenvalue weighted by Gasteiger charge is -2.19. The third-order valence-corrected chi connectivity index (χ3v) is 3.21. The van der Waals surface area contributed by atoms with Crippen LogP contribution in [0, 0.1) is 0 Å². The fourth-order valence-corrected chi connectivity index (χ4v) is 2.19. The van der Waals surface area contributed by atoms with Crippen LogP contribution in [0.25, 0.3) is 0 Å². The zero-order chi connectivity index (χ0) is 15.1. The average Bonchev–Trinajstić information content (AvgIpc) is 2.49. The molecule has 1 unspecified atom stereocenters. The van der Waals surface area contributed by atoms with Crippen molar-refractivity contribution < 1.29 is 9.53 Å². The van der Waals surface area contributed by atoms with Crippen LogP contribution in [-0.4, -0.2) is 19.6 Å². The molecule has 0 spiro atoms. The lowest BCUT2D eigenvalue weighted by Crippen LogP contribution is -2.16. The largest absolute Gasteiger partial charge is 0.382 e. The van der Waals surface area contributed by atoms with Crippen molar-refractivity contribution in [2.24, 2.45) is 5.73 Å². The molecular formula is C17H20N2O2. The number of anilines is 1. The van der Waals surface area contributed by atoms with E-state index in [-0.39, 0.29) is 18.4 Å². The Morgan fingerprint density at radius 3 is 2.38 bits per heavy atom. The SMILES string of the molecule is COCC(Nc1ccc(CC(N)=O)cc1)c1ccccc1. The minimum atomic E-state index is -0.322. The standard InChI is InChI=1S/C17H20N2O2/c1-21-12-16(14-5-3-2-4-6-14)19-15-9-7-13(8-10-15)11-17(18)20/h2-10,16,19H,11-12H2,1H3,(H2,18,20). The molecule has 2 aromatic rings. The fourth-order valence-electron chi connectivity index (χ4n) is 2.19. The van der Waals surface area contributed by atoms with Gasteiger partial charge in [-0.2, -0.15) is 0 Å². The molecule has 0 saturated carbocycles. The van der Waals surface area contributed by atoms with Crippen LogP contribution >= 0.6 is 0 Å². The predicted octanol–water partition coefficient (Wildman–Crippen LogP) is 2.51. The molecule has 0 bridgehead atoms. The van der Waals surface area contributed by atoms with Gasteiger partial charge < -0.3 is 15.8 Å². The highest BCUT2D eigenvalue weighted by Gasteiger charge is 2.10. The fraction of sp³-hybridized carbons (Fsp3) is 0.235. The zero-order valence-corrected chi connectivity index (χ0v) is 12.1. The second-order valence-corrected chi connectivity index (χ2v) is 4.90. The molecule has 0 aromatic heterocycles. The van der Waals surface area contributed by atoms with E-state index in [0.717, 1.165) is 11.3 Å². The van der Waals surface area contributed by atoms with Gasteiger partial charge >= 0.3 is 0 Å². The van der Waals surface area contributed by atoms with Gasteiger partial charge in [-0.1, -0.05) is 42.5 Å². The summed E-state index contributed by atoms with van der Waals surface area (Å²) in [7, 11) is 1.69. The summed E-state index contributed by atoms with van der Waals surface area (Å²) in [6.07, 6.45) is 0.264. The van der Waals surface area contributed by atoms with Gasteiger partial charge in [-0.15, -0.1) is 0 Å². The summed E-state index contributed by atoms with van der Waals surface area (Å²) in [5.41, 5.74) is 8.25. The van der Waals surface area contributed by atoms with E-state index in [4.69, 9.17) is 10.5 Å². The number of carbonyl (C=O) groups is 1. The van der Waals surface area contributed by atoms with Gasteiger partial charge in [0.15, 0.2) is 0 Å². The predicted molar refractivity (Wildman–Crippen MR) is 84.0 cm³/mol. The maximum absolute atomic E-state index is 10.9. The molecule has 0 aliphatic rings. The lowest BCUT2D eigenvalue weighted by atomic mass is 10.1. The Labute approximate surface area is 124 Å². The van der Waals surface area contributed by atoms with Crippen molar-refractivity contribution in [3.05, 3.63) is 65.7 Å². The van der Waals surface area contributed by atoms with E-state index in [2.05, 4.69) is 17.4 Å². The van der Waals surface area contributed by atoms with Gasteiger partial charge in [-0.3, -0.25) is 4.79 Å². The molecule has 0 aliphatic heterocycles. The Balaban J connectivity index is 2.08. The number of nitrogens with one attached hydrogen (secondary N) is 1. The maximum atomic E-state index is 10.9. The monoisotopic (exact) mass is 284 g/mol. The molecule has 2 rings (SSSR count). The Morgan fingerprint density at radius 1 is 1.14 bits per heavy atom. The van der Waals surface area contributed by atoms with Crippen LogP contribution in [0.1, 0.15) is 17.2 Å². The summed E-state index contributed by atoms with van der Waals surface area (Å²) in [6, 6.07) is 17.9. The summed E-state index contributed by atoms with van der Waals surface area (Å²) in [5.74, 6) is -0.322. The number of hydrogen-bond donors (Lipinski definition) is 2. The van der Waals surface area contributed by atoms with Crippen molar-refractivity contribution in [3.8, 4) is 0 Å². The van der Waals surface area contributed by atoms with Gasteiger partial charge in [0.1, 0.15) is 0 Å². The number of amides is 1. The molecular weight excluding hydrogens is 264 g/mol. The van der Waals surface area contributed by atoms with Crippen molar-refractivity contribution in [1.29, 1.82) is 0 Å². The summed E-state index contributed by atoms with van der Waals surface area (Å²) in [4.78, 5) is 10.9. The van der Waals surface area contributed by atoms with E-state index in [0.29, 0.717) is 6.61 Å². The van der Waals surface area contributed by atoms with E-state index in [1.165, 1.54) is 5.56 Å². The Morgan fingerprint density at radius 2 is 1.81 bits per heavy atom. The molecule has 0 heterocycles. The molecule has 110 valence electrons. The summed E-state index contributed by atoms with van der Waals surface area (Å²) in [5, 5.41) is 3.44. The van der Waals surface area contributed by atoms with E-state index < -0.39 is 0 Å². The molecule has 2 aromatic carbocycles. The number of primary amides is 1. The minimum Gasteiger partial charge on any atom is -0.382 e. The van der Waals surface area contributed by atoms with Crippen molar-refractivity contribution in [2.75, 3.05) is 19.0 Å². The first kappa shape index (κ1) is 15.1. The molecule has 1 atom stereocenters. The molecule has 0 radical (unpaired) electrons. The summed E-state index contributed by atoms with van der Waals surface area (Å²) < 4.78 is 5.28. The number of carbonyl (C=O) groups excluding carboxylic acids is 1. The molecule has 1 amide bonds. The number of nitrogens with two attached hydrogens (primary N) is 1. The van der Waals surface area contributed by atoms with E-state index in [9.17, 15) is 4.79 Å². The molecule has 4 heteroatoms. The smallest absolute Gasteiger partial charge is 0.221 e. The van der Waals surface area contributed by atoms with Crippen molar-refractivity contribution in [1.82, 2.24) is 0 Å². The summed E-state index contributed by atoms with van der Waals surface area (Å²) in [6.45, 7) is 0.576. The Kier molecular flexibility index (Phi) is 5.35. The van der Waals surface area contributed by atoms with Gasteiger partial charge in [-0.05, 0) is 23.3 Å². The highest BCUT2D eigenvalue weighted by Crippen LogP contribution is 2.20. The first-order valence-electron chi connectivity index (χ1n) is 6.86. The number of methoxy groups -OCH3 is 1. The third kappa shape index (κ3) is 4.61. The van der Waals surface area contributed by atoms with Crippen LogP contribution in [0.5, 0.6) is 0 Å². The van der Waals surface area contributed by atoms with Crippen LogP contribution in [0.4, 0.5) is 5.69 Å². The molecule has 3 N–H and O–H groups in total. The summed E-state index contributed by atoms with van der Waals surface area (Å²) >= 11 is 0. The number of rotatable bonds is 7. The van der Waals surface area contributed by atoms with Crippen LogP contribution < -0.4 is 11.1 Å². The number of benzene rings is 2. The molecule has 21 heavy (non-hydrogen) atoms. The zero-order valence-electron chi connectivity index (χ0n) is 12.1. The second kappa shape index (κ2) is 7.45. The Hall–Kier alpha value is -2.33. The maximum Gasteiger partial charge on any atom is 0.221 e. The van der Waals surface area contributed by atoms with E-state index in [1.807, 2.05) is 42.5 Å². The number of hydrogen-bond acceptors (Lipinski definition) is 3. The normalized spacial score (nSPS) is 11.9. The topological polar surface area (TPSA) is 64.3 Å². The Bertz CT molecular complexity index is 567. The van der Waals surface area contributed by atoms with Gasteiger partial charge in [0.05, 0.1) is 19.1 Å². The van der Waals surface area contributed by atoms with Gasteiger partial charge in [0.25, 0.3) is 0 Å². The molecule has 4 nitrogen and oxygen atoms in total. The lowest BCUT2D eigenvalue weighted by molar-refractivity contribution is -0.117. The highest BCUT2D eigenvalue weighted by atomic mass is 16.5. The quantitative estimate of drug-likeness (QED) is 0.821. The van der Waals surface area contributed by atoms with Gasteiger partial charge in [-0.25, -0.2) is 0 Å². The first-order chi connectivity index (χ1) is 10.2. The van der Waals surface area contributed by atoms with E-state index >= 15 is 0 Å². The second-order valence-electron chi connectivity index (χ2n) is 4.90. The van der Waals surface area contributed by atoms with Gasteiger partial charge in [0, 0.05) is 12.8 Å². The van der Waals surface area contributed by atoms with Crippen molar-refractivity contribution in [2.45, 2.75) is 12.5 Å². The minimum absolute atomic E-state index is 0.0817. The molecule has 0 saturated heterocycles. The van der Waals surface area contributed by atoms with Crippen molar-refractivity contribution in [3.63, 3.8) is 0 Å². The van der Waals surface area contributed by atoms with Crippen LogP contribution in [0.2, 0.25) is 0 Å². The number of ether oxygens (including phenoxy) is 1. The van der Waals surface area contributed by atoms with Crippen molar-refractivity contribution >= 4 is 11.6 Å². The van der Waals surface area contributed by atoms with Crippen LogP contribution in [-0.2, 0) is 16.0 Å². The van der Waals surface area contributed by atoms with E-state index in [1.54, 1.807) is 7.11 Å². The molecule has 0 aliphatic carbocycles. The van der Waals surface area contributed by atoms with Gasteiger partial charge in [0.2, 0.25) is 5.91 Å². The molecule has 0 fully saturated rings. The van der Waals surface area contributed by atoms with Crippen LogP contribution in [0.15, 0.2) is 54.6 Å².